The van der Waals surface area contributed by atoms with Crippen molar-refractivity contribution in [3.8, 4) is 0 Å². The lowest BCUT2D eigenvalue weighted by molar-refractivity contribution is -0.116. The zero-order valence-corrected chi connectivity index (χ0v) is 10.2. The summed E-state index contributed by atoms with van der Waals surface area (Å²) in [5.74, 6) is -1.87. The van der Waals surface area contributed by atoms with Crippen LogP contribution in [0.4, 0.5) is 10.1 Å². The number of hydrogen-bond donors (Lipinski definition) is 3. The second-order valence-electron chi connectivity index (χ2n) is 4.75. The standard InChI is InChI=1S/C13H15FN2O3/c14-9-4-3-8(13(18)19)5-11(9)16-12(17)6-10(15)7-1-2-7/h3-5,7,10H,1-2,6,15H2,(H,16,17)(H,18,19). The maximum absolute atomic E-state index is 13.5. The first-order chi connectivity index (χ1) is 8.97. The average Bonchev–Trinajstić information content (AvgIpc) is 3.15. The lowest BCUT2D eigenvalue weighted by atomic mass is 10.1. The lowest BCUT2D eigenvalue weighted by Gasteiger charge is -2.11. The van der Waals surface area contributed by atoms with Gasteiger partial charge in [0.15, 0.2) is 0 Å². The number of hydrogen-bond acceptors (Lipinski definition) is 3. The Morgan fingerprint density at radius 3 is 2.74 bits per heavy atom. The van der Waals surface area contributed by atoms with Gasteiger partial charge in [-0.3, -0.25) is 4.79 Å². The molecule has 0 aliphatic heterocycles. The highest BCUT2D eigenvalue weighted by Crippen LogP contribution is 2.32. The summed E-state index contributed by atoms with van der Waals surface area (Å²) >= 11 is 0. The van der Waals surface area contributed by atoms with Crippen molar-refractivity contribution in [3.05, 3.63) is 29.6 Å². The molecular formula is C13H15FN2O3. The van der Waals surface area contributed by atoms with Gasteiger partial charge in [0.25, 0.3) is 0 Å². The van der Waals surface area contributed by atoms with E-state index in [1.807, 2.05) is 0 Å². The third kappa shape index (κ3) is 3.51. The van der Waals surface area contributed by atoms with E-state index in [1.54, 1.807) is 0 Å². The third-order valence-electron chi connectivity index (χ3n) is 3.14. The van der Waals surface area contributed by atoms with Gasteiger partial charge in [0, 0.05) is 12.5 Å². The van der Waals surface area contributed by atoms with Crippen molar-refractivity contribution in [2.75, 3.05) is 5.32 Å². The minimum Gasteiger partial charge on any atom is -0.478 e. The van der Waals surface area contributed by atoms with Gasteiger partial charge < -0.3 is 16.2 Å². The summed E-state index contributed by atoms with van der Waals surface area (Å²) in [5.41, 5.74) is 5.59. The van der Waals surface area contributed by atoms with E-state index < -0.39 is 17.7 Å². The van der Waals surface area contributed by atoms with E-state index in [1.165, 1.54) is 0 Å². The molecule has 4 N–H and O–H groups in total. The number of nitrogens with two attached hydrogens (primary N) is 1. The molecule has 19 heavy (non-hydrogen) atoms. The number of carbonyl (C=O) groups excluding carboxylic acids is 1. The monoisotopic (exact) mass is 266 g/mol. The number of halogens is 1. The smallest absolute Gasteiger partial charge is 0.335 e. The van der Waals surface area contributed by atoms with Crippen molar-refractivity contribution in [1.82, 2.24) is 0 Å². The molecule has 0 spiro atoms. The van der Waals surface area contributed by atoms with Crippen molar-refractivity contribution < 1.29 is 19.1 Å². The summed E-state index contributed by atoms with van der Waals surface area (Å²) in [6.45, 7) is 0. The van der Waals surface area contributed by atoms with Crippen molar-refractivity contribution in [1.29, 1.82) is 0 Å². The molecule has 1 atom stereocenters. The highest BCUT2D eigenvalue weighted by molar-refractivity contribution is 5.94. The molecule has 6 heteroatoms. The third-order valence-corrected chi connectivity index (χ3v) is 3.14. The van der Waals surface area contributed by atoms with Crippen molar-refractivity contribution in [2.24, 2.45) is 11.7 Å². The molecular weight excluding hydrogens is 251 g/mol. The number of rotatable bonds is 5. The Morgan fingerprint density at radius 1 is 1.47 bits per heavy atom. The van der Waals surface area contributed by atoms with Crippen LogP contribution in [0.5, 0.6) is 0 Å². The first-order valence-electron chi connectivity index (χ1n) is 6.05. The zero-order valence-electron chi connectivity index (χ0n) is 10.2. The number of carboxylic acid groups (broad SMARTS) is 1. The molecule has 0 heterocycles. The highest BCUT2D eigenvalue weighted by atomic mass is 19.1. The summed E-state index contributed by atoms with van der Waals surface area (Å²) in [6.07, 6.45) is 2.16. The molecule has 1 aliphatic carbocycles. The number of benzene rings is 1. The van der Waals surface area contributed by atoms with E-state index in [-0.39, 0.29) is 23.7 Å². The molecule has 0 bridgehead atoms. The summed E-state index contributed by atoms with van der Waals surface area (Å²) in [5, 5.41) is 11.2. The number of nitrogens with one attached hydrogen (secondary N) is 1. The highest BCUT2D eigenvalue weighted by Gasteiger charge is 2.29. The SMILES string of the molecule is NC(CC(=O)Nc1cc(C(=O)O)ccc1F)C1CC1. The van der Waals surface area contributed by atoms with Crippen LogP contribution in [0.2, 0.25) is 0 Å². The fourth-order valence-corrected chi connectivity index (χ4v) is 1.86. The van der Waals surface area contributed by atoms with Gasteiger partial charge in [0.05, 0.1) is 11.3 Å². The predicted molar refractivity (Wildman–Crippen MR) is 67.3 cm³/mol. The second-order valence-corrected chi connectivity index (χ2v) is 4.75. The van der Waals surface area contributed by atoms with Crippen LogP contribution in [0, 0.1) is 11.7 Å². The molecule has 1 saturated carbocycles. The van der Waals surface area contributed by atoms with Crippen LogP contribution in [0.15, 0.2) is 18.2 Å². The Bertz CT molecular complexity index is 515. The second kappa shape index (κ2) is 5.36. The molecule has 1 aliphatic rings. The number of carboxylic acids is 1. The quantitative estimate of drug-likeness (QED) is 0.754. The fourth-order valence-electron chi connectivity index (χ4n) is 1.86. The van der Waals surface area contributed by atoms with Crippen LogP contribution in [0.1, 0.15) is 29.6 Å². The Kier molecular flexibility index (Phi) is 3.80. The molecule has 0 aromatic heterocycles. The van der Waals surface area contributed by atoms with Crippen LogP contribution < -0.4 is 11.1 Å². The largest absolute Gasteiger partial charge is 0.478 e. The van der Waals surface area contributed by atoms with Gasteiger partial charge in [-0.2, -0.15) is 0 Å². The zero-order chi connectivity index (χ0) is 14.0. The van der Waals surface area contributed by atoms with Crippen LogP contribution in [-0.2, 0) is 4.79 Å². The van der Waals surface area contributed by atoms with Crippen LogP contribution in [0.3, 0.4) is 0 Å². The van der Waals surface area contributed by atoms with Crippen LogP contribution in [-0.4, -0.2) is 23.0 Å². The molecule has 102 valence electrons. The summed E-state index contributed by atoms with van der Waals surface area (Å²) in [6, 6.07) is 3.03. The van der Waals surface area contributed by atoms with Crippen LogP contribution in [0.25, 0.3) is 0 Å². The number of carbonyl (C=O) groups is 2. The Hall–Kier alpha value is -1.95. The molecule has 2 rings (SSSR count). The van der Waals surface area contributed by atoms with E-state index in [0.717, 1.165) is 31.0 Å². The number of aromatic carboxylic acids is 1. The Balaban J connectivity index is 2.02. The Morgan fingerprint density at radius 2 is 2.16 bits per heavy atom. The molecule has 1 aromatic rings. The molecule has 1 aromatic carbocycles. The molecule has 0 radical (unpaired) electrons. The van der Waals surface area contributed by atoms with Gasteiger partial charge in [0.2, 0.25) is 5.91 Å². The minimum absolute atomic E-state index is 0.0804. The van der Waals surface area contributed by atoms with Gasteiger partial charge in [-0.1, -0.05) is 0 Å². The maximum atomic E-state index is 13.5. The summed E-state index contributed by atoms with van der Waals surface area (Å²) < 4.78 is 13.5. The normalized spacial score (nSPS) is 15.9. The molecule has 5 nitrogen and oxygen atoms in total. The first-order valence-corrected chi connectivity index (χ1v) is 6.05. The molecule has 0 saturated heterocycles. The van der Waals surface area contributed by atoms with E-state index in [0.29, 0.717) is 5.92 Å². The molecule has 1 fully saturated rings. The van der Waals surface area contributed by atoms with Gasteiger partial charge >= 0.3 is 5.97 Å². The first kappa shape index (κ1) is 13.5. The summed E-state index contributed by atoms with van der Waals surface area (Å²) in [4.78, 5) is 22.5. The summed E-state index contributed by atoms with van der Waals surface area (Å²) in [7, 11) is 0. The van der Waals surface area contributed by atoms with E-state index >= 15 is 0 Å². The van der Waals surface area contributed by atoms with Crippen molar-refractivity contribution in [3.63, 3.8) is 0 Å². The average molecular weight is 266 g/mol. The molecule has 1 unspecified atom stereocenters. The number of anilines is 1. The Labute approximate surface area is 109 Å². The predicted octanol–water partition coefficient (Wildman–Crippen LogP) is 1.59. The van der Waals surface area contributed by atoms with Gasteiger partial charge in [-0.05, 0) is 37.0 Å². The van der Waals surface area contributed by atoms with E-state index in [2.05, 4.69) is 5.32 Å². The van der Waals surface area contributed by atoms with E-state index in [9.17, 15) is 14.0 Å². The molecule has 1 amide bonds. The minimum atomic E-state index is -1.18. The maximum Gasteiger partial charge on any atom is 0.335 e. The fraction of sp³-hybridized carbons (Fsp3) is 0.385. The van der Waals surface area contributed by atoms with E-state index in [4.69, 9.17) is 10.8 Å². The van der Waals surface area contributed by atoms with Crippen molar-refractivity contribution in [2.45, 2.75) is 25.3 Å². The number of amides is 1. The van der Waals surface area contributed by atoms with Crippen molar-refractivity contribution >= 4 is 17.6 Å². The van der Waals surface area contributed by atoms with Gasteiger partial charge in [0.1, 0.15) is 5.82 Å². The lowest BCUT2D eigenvalue weighted by Crippen LogP contribution is -2.29. The van der Waals surface area contributed by atoms with Gasteiger partial charge in [-0.25, -0.2) is 9.18 Å². The van der Waals surface area contributed by atoms with Crippen LogP contribution >= 0.6 is 0 Å². The van der Waals surface area contributed by atoms with Gasteiger partial charge in [-0.15, -0.1) is 0 Å². The topological polar surface area (TPSA) is 92.4 Å².